The SMILES string of the molecule is O=C(O)[C@@H]1CCCCN1C(=O)C1CC2CCC1N2. The van der Waals surface area contributed by atoms with Crippen LogP contribution in [0, 0.1) is 5.92 Å². The van der Waals surface area contributed by atoms with E-state index < -0.39 is 12.0 Å². The van der Waals surface area contributed by atoms with Gasteiger partial charge in [0.05, 0.1) is 5.92 Å². The summed E-state index contributed by atoms with van der Waals surface area (Å²) in [4.78, 5) is 25.4. The molecule has 3 rings (SSSR count). The number of aliphatic carboxylic acids is 1. The van der Waals surface area contributed by atoms with Gasteiger partial charge in [-0.05, 0) is 38.5 Å². The predicted octanol–water partition coefficient (Wildman–Crippen LogP) is 0.593. The maximum absolute atomic E-state index is 12.5. The monoisotopic (exact) mass is 252 g/mol. The second kappa shape index (κ2) is 4.53. The molecule has 0 radical (unpaired) electrons. The first-order valence-electron chi connectivity index (χ1n) is 6.96. The van der Waals surface area contributed by atoms with Crippen molar-refractivity contribution in [3.05, 3.63) is 0 Å². The quantitative estimate of drug-likeness (QED) is 0.755. The van der Waals surface area contributed by atoms with Crippen molar-refractivity contribution in [2.75, 3.05) is 6.54 Å². The van der Waals surface area contributed by atoms with Crippen LogP contribution in [-0.2, 0) is 9.59 Å². The molecule has 18 heavy (non-hydrogen) atoms. The minimum absolute atomic E-state index is 0.0173. The number of carbonyl (C=O) groups excluding carboxylic acids is 1. The molecule has 3 saturated heterocycles. The number of carboxylic acids is 1. The van der Waals surface area contributed by atoms with Crippen LogP contribution >= 0.6 is 0 Å². The van der Waals surface area contributed by atoms with Gasteiger partial charge in [0, 0.05) is 18.6 Å². The lowest BCUT2D eigenvalue weighted by Crippen LogP contribution is -2.51. The summed E-state index contributed by atoms with van der Waals surface area (Å²) in [6.07, 6.45) is 5.57. The van der Waals surface area contributed by atoms with E-state index in [-0.39, 0.29) is 11.8 Å². The van der Waals surface area contributed by atoms with Crippen LogP contribution in [0.5, 0.6) is 0 Å². The molecule has 3 aliphatic rings. The van der Waals surface area contributed by atoms with E-state index in [0.717, 1.165) is 32.1 Å². The van der Waals surface area contributed by atoms with Crippen molar-refractivity contribution in [2.45, 2.75) is 56.7 Å². The number of piperidine rings is 1. The third-order valence-corrected chi connectivity index (χ3v) is 4.69. The molecule has 3 unspecified atom stereocenters. The Kier molecular flexibility index (Phi) is 3.01. The lowest BCUT2D eigenvalue weighted by Gasteiger charge is -2.36. The first-order chi connectivity index (χ1) is 8.66. The van der Waals surface area contributed by atoms with Crippen molar-refractivity contribution < 1.29 is 14.7 Å². The Morgan fingerprint density at radius 2 is 2.00 bits per heavy atom. The van der Waals surface area contributed by atoms with Gasteiger partial charge in [0.25, 0.3) is 0 Å². The molecule has 1 amide bonds. The smallest absolute Gasteiger partial charge is 0.326 e. The number of amides is 1. The molecule has 0 spiro atoms. The van der Waals surface area contributed by atoms with Gasteiger partial charge in [0.2, 0.25) is 5.91 Å². The fraction of sp³-hybridized carbons (Fsp3) is 0.846. The molecule has 5 nitrogen and oxygen atoms in total. The summed E-state index contributed by atoms with van der Waals surface area (Å²) in [6, 6.07) is 0.182. The molecule has 0 aromatic rings. The molecule has 100 valence electrons. The highest BCUT2D eigenvalue weighted by atomic mass is 16.4. The van der Waals surface area contributed by atoms with E-state index in [1.54, 1.807) is 4.90 Å². The van der Waals surface area contributed by atoms with Crippen LogP contribution in [-0.4, -0.2) is 46.6 Å². The highest BCUT2D eigenvalue weighted by Crippen LogP contribution is 2.35. The highest BCUT2D eigenvalue weighted by molar-refractivity contribution is 5.86. The topological polar surface area (TPSA) is 69.6 Å². The molecule has 2 N–H and O–H groups in total. The first kappa shape index (κ1) is 12.0. The van der Waals surface area contributed by atoms with Crippen molar-refractivity contribution in [3.63, 3.8) is 0 Å². The molecule has 3 aliphatic heterocycles. The fourth-order valence-electron chi connectivity index (χ4n) is 3.76. The summed E-state index contributed by atoms with van der Waals surface area (Å²) in [6.45, 7) is 0.615. The lowest BCUT2D eigenvalue weighted by atomic mass is 9.87. The Balaban J connectivity index is 1.72. The molecular weight excluding hydrogens is 232 g/mol. The van der Waals surface area contributed by atoms with Gasteiger partial charge in [-0.3, -0.25) is 4.79 Å². The number of hydrogen-bond acceptors (Lipinski definition) is 3. The largest absolute Gasteiger partial charge is 0.480 e. The van der Waals surface area contributed by atoms with Crippen LogP contribution in [0.3, 0.4) is 0 Å². The number of nitrogens with zero attached hydrogens (tertiary/aromatic N) is 1. The fourth-order valence-corrected chi connectivity index (χ4v) is 3.76. The van der Waals surface area contributed by atoms with Crippen molar-refractivity contribution in [3.8, 4) is 0 Å². The summed E-state index contributed by atoms with van der Waals surface area (Å²) in [5.74, 6) is -0.760. The molecule has 0 aliphatic carbocycles. The van der Waals surface area contributed by atoms with Crippen molar-refractivity contribution in [1.29, 1.82) is 0 Å². The lowest BCUT2D eigenvalue weighted by molar-refractivity contribution is -0.154. The van der Waals surface area contributed by atoms with Gasteiger partial charge in [0.1, 0.15) is 6.04 Å². The summed E-state index contributed by atoms with van der Waals surface area (Å²) in [7, 11) is 0. The molecule has 3 heterocycles. The van der Waals surface area contributed by atoms with Crippen molar-refractivity contribution in [1.82, 2.24) is 10.2 Å². The number of carbonyl (C=O) groups is 2. The third kappa shape index (κ3) is 1.90. The van der Waals surface area contributed by atoms with Gasteiger partial charge in [-0.1, -0.05) is 0 Å². The van der Waals surface area contributed by atoms with Gasteiger partial charge < -0.3 is 15.3 Å². The Hall–Kier alpha value is -1.10. The maximum atomic E-state index is 12.5. The molecule has 2 bridgehead atoms. The Morgan fingerprint density at radius 1 is 1.17 bits per heavy atom. The van der Waals surface area contributed by atoms with Crippen molar-refractivity contribution >= 4 is 11.9 Å². The van der Waals surface area contributed by atoms with Gasteiger partial charge >= 0.3 is 5.97 Å². The van der Waals surface area contributed by atoms with Crippen LogP contribution in [0.15, 0.2) is 0 Å². The van der Waals surface area contributed by atoms with E-state index in [1.807, 2.05) is 0 Å². The third-order valence-electron chi connectivity index (χ3n) is 4.69. The zero-order chi connectivity index (χ0) is 12.7. The summed E-state index contributed by atoms with van der Waals surface area (Å²) >= 11 is 0. The molecular formula is C13H20N2O3. The maximum Gasteiger partial charge on any atom is 0.326 e. The molecule has 4 atom stereocenters. The second-order valence-electron chi connectivity index (χ2n) is 5.77. The van der Waals surface area contributed by atoms with Crippen LogP contribution in [0.2, 0.25) is 0 Å². The Morgan fingerprint density at radius 3 is 2.61 bits per heavy atom. The summed E-state index contributed by atoms with van der Waals surface area (Å²) < 4.78 is 0. The molecule has 0 aromatic carbocycles. The number of hydrogen-bond donors (Lipinski definition) is 2. The van der Waals surface area contributed by atoms with Crippen LogP contribution in [0.4, 0.5) is 0 Å². The van der Waals surface area contributed by atoms with E-state index >= 15 is 0 Å². The highest BCUT2D eigenvalue weighted by Gasteiger charge is 2.46. The average Bonchev–Trinajstić information content (AvgIpc) is 3.00. The number of likely N-dealkylation sites (tertiary alicyclic amines) is 1. The predicted molar refractivity (Wildman–Crippen MR) is 65.0 cm³/mol. The van der Waals surface area contributed by atoms with E-state index in [2.05, 4.69) is 5.32 Å². The number of nitrogens with one attached hydrogen (secondary N) is 1. The molecule has 0 aromatic heterocycles. The van der Waals surface area contributed by atoms with Crippen LogP contribution in [0.25, 0.3) is 0 Å². The number of fused-ring (bicyclic) bond motifs is 2. The minimum atomic E-state index is -0.848. The molecule has 3 fully saturated rings. The zero-order valence-corrected chi connectivity index (χ0v) is 10.5. The summed E-state index contributed by atoms with van der Waals surface area (Å²) in [5, 5.41) is 12.7. The van der Waals surface area contributed by atoms with Gasteiger partial charge in [0.15, 0.2) is 0 Å². The average molecular weight is 252 g/mol. The van der Waals surface area contributed by atoms with E-state index in [1.165, 1.54) is 0 Å². The molecule has 0 saturated carbocycles. The Bertz CT molecular complexity index is 371. The van der Waals surface area contributed by atoms with Gasteiger partial charge in [-0.25, -0.2) is 4.79 Å². The van der Waals surface area contributed by atoms with Crippen molar-refractivity contribution in [2.24, 2.45) is 5.92 Å². The number of rotatable bonds is 2. The van der Waals surface area contributed by atoms with Gasteiger partial charge in [-0.2, -0.15) is 0 Å². The standard InChI is InChI=1S/C13H20N2O3/c16-12(9-7-8-4-5-10(9)14-8)15-6-2-1-3-11(15)13(17)18/h8-11,14H,1-7H2,(H,17,18)/t8?,9?,10?,11-/m0/s1. The minimum Gasteiger partial charge on any atom is -0.480 e. The molecule has 5 heteroatoms. The van der Waals surface area contributed by atoms with Gasteiger partial charge in [-0.15, -0.1) is 0 Å². The van der Waals surface area contributed by atoms with Crippen LogP contribution in [0.1, 0.15) is 38.5 Å². The van der Waals surface area contributed by atoms with E-state index in [9.17, 15) is 14.7 Å². The van der Waals surface area contributed by atoms with Crippen LogP contribution < -0.4 is 5.32 Å². The normalized spacial score (nSPS) is 39.0. The van der Waals surface area contributed by atoms with E-state index in [0.29, 0.717) is 25.0 Å². The summed E-state index contributed by atoms with van der Waals surface area (Å²) in [5.41, 5.74) is 0. The second-order valence-corrected chi connectivity index (χ2v) is 5.77. The first-order valence-corrected chi connectivity index (χ1v) is 6.96. The zero-order valence-electron chi connectivity index (χ0n) is 10.5. The van der Waals surface area contributed by atoms with E-state index in [4.69, 9.17) is 0 Å². The Labute approximate surface area is 107 Å². The number of carboxylic acid groups (broad SMARTS) is 1.